The molecule has 0 bridgehead atoms. The third-order valence-corrected chi connectivity index (χ3v) is 3.61. The number of hydrogen-bond donors (Lipinski definition) is 1. The number of hydrogen-bond acceptors (Lipinski definition) is 4. The van der Waals surface area contributed by atoms with Crippen molar-refractivity contribution in [1.29, 1.82) is 0 Å². The molecule has 4 nitrogen and oxygen atoms in total. The summed E-state index contributed by atoms with van der Waals surface area (Å²) in [5.74, 6) is 0.838. The van der Waals surface area contributed by atoms with Crippen molar-refractivity contribution in [2.75, 3.05) is 6.61 Å². The molecule has 0 atom stereocenters. The van der Waals surface area contributed by atoms with Crippen LogP contribution in [-0.4, -0.2) is 16.6 Å². The van der Waals surface area contributed by atoms with Crippen LogP contribution in [0.5, 0.6) is 0 Å². The summed E-state index contributed by atoms with van der Waals surface area (Å²) in [5, 5.41) is 0. The second-order valence-electron chi connectivity index (χ2n) is 5.02. The molecule has 0 aliphatic heterocycles. The minimum absolute atomic E-state index is 0.275. The van der Waals surface area contributed by atoms with E-state index in [1.807, 2.05) is 19.9 Å². The van der Waals surface area contributed by atoms with E-state index in [2.05, 4.69) is 9.97 Å². The van der Waals surface area contributed by atoms with Crippen LogP contribution in [-0.2, 0) is 16.9 Å². The lowest BCUT2D eigenvalue weighted by molar-refractivity contribution is -0.0769. The molecule has 0 saturated heterocycles. The predicted octanol–water partition coefficient (Wildman–Crippen LogP) is 2.44. The standard InChI is InChI=1S/C14H23N3O/c1-3-18-14(7-5-4-6-8-14)13-16-11(2)9-12(10-15)17-13/h9H,3-8,10,15H2,1-2H3. The number of nitrogens with two attached hydrogens (primary N) is 1. The Morgan fingerprint density at radius 1 is 1.28 bits per heavy atom. The third kappa shape index (κ3) is 2.70. The minimum atomic E-state index is -0.275. The zero-order valence-corrected chi connectivity index (χ0v) is 11.4. The van der Waals surface area contributed by atoms with Crippen LogP contribution in [0.3, 0.4) is 0 Å². The van der Waals surface area contributed by atoms with Crippen LogP contribution >= 0.6 is 0 Å². The van der Waals surface area contributed by atoms with Crippen molar-refractivity contribution in [3.05, 3.63) is 23.3 Å². The fourth-order valence-electron chi connectivity index (χ4n) is 2.77. The summed E-state index contributed by atoms with van der Waals surface area (Å²) in [6.07, 6.45) is 5.71. The van der Waals surface area contributed by atoms with Gasteiger partial charge in [0.2, 0.25) is 0 Å². The smallest absolute Gasteiger partial charge is 0.160 e. The molecule has 1 aliphatic carbocycles. The van der Waals surface area contributed by atoms with E-state index >= 15 is 0 Å². The summed E-state index contributed by atoms with van der Waals surface area (Å²) in [5.41, 5.74) is 7.31. The highest BCUT2D eigenvalue weighted by Gasteiger charge is 2.37. The first-order chi connectivity index (χ1) is 8.70. The first-order valence-corrected chi connectivity index (χ1v) is 6.89. The van der Waals surface area contributed by atoms with Gasteiger partial charge < -0.3 is 10.5 Å². The first kappa shape index (κ1) is 13.4. The van der Waals surface area contributed by atoms with Crippen LogP contribution in [0.1, 0.15) is 56.2 Å². The van der Waals surface area contributed by atoms with Crippen molar-refractivity contribution in [3.8, 4) is 0 Å². The molecule has 0 amide bonds. The Morgan fingerprint density at radius 2 is 2.00 bits per heavy atom. The van der Waals surface area contributed by atoms with Gasteiger partial charge in [-0.15, -0.1) is 0 Å². The molecule has 2 rings (SSSR count). The average Bonchev–Trinajstić information content (AvgIpc) is 2.39. The molecule has 1 heterocycles. The van der Waals surface area contributed by atoms with Gasteiger partial charge in [-0.2, -0.15) is 0 Å². The van der Waals surface area contributed by atoms with Crippen molar-refractivity contribution in [2.24, 2.45) is 5.73 Å². The van der Waals surface area contributed by atoms with Gasteiger partial charge in [0.1, 0.15) is 5.60 Å². The summed E-state index contributed by atoms with van der Waals surface area (Å²) >= 11 is 0. The average molecular weight is 249 g/mol. The maximum Gasteiger partial charge on any atom is 0.160 e. The summed E-state index contributed by atoms with van der Waals surface area (Å²) in [7, 11) is 0. The molecule has 1 saturated carbocycles. The lowest BCUT2D eigenvalue weighted by atomic mass is 9.83. The largest absolute Gasteiger partial charge is 0.367 e. The van der Waals surface area contributed by atoms with Gasteiger partial charge in [0.05, 0.1) is 5.69 Å². The fraction of sp³-hybridized carbons (Fsp3) is 0.714. The van der Waals surface area contributed by atoms with Crippen LogP contribution in [0, 0.1) is 6.92 Å². The normalized spacial score (nSPS) is 18.8. The molecule has 18 heavy (non-hydrogen) atoms. The molecule has 0 unspecified atom stereocenters. The molecule has 0 spiro atoms. The zero-order chi connectivity index (χ0) is 13.0. The first-order valence-electron chi connectivity index (χ1n) is 6.89. The van der Waals surface area contributed by atoms with E-state index in [-0.39, 0.29) is 5.60 Å². The van der Waals surface area contributed by atoms with Gasteiger partial charge in [-0.05, 0) is 32.8 Å². The molecular weight excluding hydrogens is 226 g/mol. The maximum absolute atomic E-state index is 6.05. The van der Waals surface area contributed by atoms with E-state index < -0.39 is 0 Å². The number of nitrogens with zero attached hydrogens (tertiary/aromatic N) is 2. The number of aryl methyl sites for hydroxylation is 1. The molecule has 0 radical (unpaired) electrons. The van der Waals surface area contributed by atoms with Crippen molar-refractivity contribution >= 4 is 0 Å². The molecule has 2 N–H and O–H groups in total. The van der Waals surface area contributed by atoms with Gasteiger partial charge in [0.25, 0.3) is 0 Å². The lowest BCUT2D eigenvalue weighted by Crippen LogP contribution is -2.35. The van der Waals surface area contributed by atoms with Crippen molar-refractivity contribution in [2.45, 2.75) is 58.1 Å². The Labute approximate surface area is 109 Å². The van der Waals surface area contributed by atoms with Crippen molar-refractivity contribution in [3.63, 3.8) is 0 Å². The van der Waals surface area contributed by atoms with Gasteiger partial charge in [-0.3, -0.25) is 0 Å². The number of ether oxygens (including phenoxy) is 1. The van der Waals surface area contributed by atoms with E-state index in [4.69, 9.17) is 10.5 Å². The Bertz CT molecular complexity index is 395. The van der Waals surface area contributed by atoms with E-state index in [0.717, 1.165) is 30.1 Å². The van der Waals surface area contributed by atoms with Gasteiger partial charge in [-0.25, -0.2) is 9.97 Å². The monoisotopic (exact) mass is 249 g/mol. The quantitative estimate of drug-likeness (QED) is 0.890. The van der Waals surface area contributed by atoms with Gasteiger partial charge in [-0.1, -0.05) is 19.3 Å². The van der Waals surface area contributed by atoms with E-state index in [1.54, 1.807) is 0 Å². The van der Waals surface area contributed by atoms with Crippen LogP contribution in [0.2, 0.25) is 0 Å². The molecule has 4 heteroatoms. The minimum Gasteiger partial charge on any atom is -0.367 e. The summed E-state index contributed by atoms with van der Waals surface area (Å²) in [6, 6.07) is 1.95. The van der Waals surface area contributed by atoms with Crippen molar-refractivity contribution in [1.82, 2.24) is 9.97 Å². The molecule has 100 valence electrons. The second-order valence-corrected chi connectivity index (χ2v) is 5.02. The Kier molecular flexibility index (Phi) is 4.30. The van der Waals surface area contributed by atoms with E-state index in [1.165, 1.54) is 19.3 Å². The van der Waals surface area contributed by atoms with E-state index in [9.17, 15) is 0 Å². The highest BCUT2D eigenvalue weighted by Crippen LogP contribution is 2.38. The Morgan fingerprint density at radius 3 is 2.61 bits per heavy atom. The molecule has 0 aromatic carbocycles. The van der Waals surface area contributed by atoms with Crippen LogP contribution in [0.15, 0.2) is 6.07 Å². The molecule has 1 aliphatic rings. The van der Waals surface area contributed by atoms with E-state index in [0.29, 0.717) is 13.2 Å². The Hall–Kier alpha value is -1.00. The van der Waals surface area contributed by atoms with Crippen LogP contribution in [0.25, 0.3) is 0 Å². The lowest BCUT2D eigenvalue weighted by Gasteiger charge is -2.35. The summed E-state index contributed by atoms with van der Waals surface area (Å²) in [6.45, 7) is 5.19. The molecule has 1 fully saturated rings. The fourth-order valence-corrected chi connectivity index (χ4v) is 2.77. The Balaban J connectivity index is 2.37. The SMILES string of the molecule is CCOC1(c2nc(C)cc(CN)n2)CCCCC1. The maximum atomic E-state index is 6.05. The van der Waals surface area contributed by atoms with Gasteiger partial charge in [0, 0.05) is 18.8 Å². The third-order valence-electron chi connectivity index (χ3n) is 3.61. The topological polar surface area (TPSA) is 61.0 Å². The molecule has 1 aromatic heterocycles. The summed E-state index contributed by atoms with van der Waals surface area (Å²) in [4.78, 5) is 9.21. The highest BCUT2D eigenvalue weighted by molar-refractivity contribution is 5.14. The molecular formula is C14H23N3O. The summed E-state index contributed by atoms with van der Waals surface area (Å²) < 4.78 is 6.05. The van der Waals surface area contributed by atoms with Gasteiger partial charge >= 0.3 is 0 Å². The second kappa shape index (κ2) is 5.76. The highest BCUT2D eigenvalue weighted by atomic mass is 16.5. The van der Waals surface area contributed by atoms with Crippen LogP contribution < -0.4 is 5.73 Å². The van der Waals surface area contributed by atoms with Crippen molar-refractivity contribution < 1.29 is 4.74 Å². The number of aromatic nitrogens is 2. The molecule has 1 aromatic rings. The zero-order valence-electron chi connectivity index (χ0n) is 11.4. The predicted molar refractivity (Wildman–Crippen MR) is 71.0 cm³/mol. The number of rotatable bonds is 4. The van der Waals surface area contributed by atoms with Gasteiger partial charge in [0.15, 0.2) is 5.82 Å². The van der Waals surface area contributed by atoms with Crippen LogP contribution in [0.4, 0.5) is 0 Å².